The van der Waals surface area contributed by atoms with Gasteiger partial charge in [0.15, 0.2) is 12.3 Å². The van der Waals surface area contributed by atoms with Gasteiger partial charge in [-0.2, -0.15) is 0 Å². The lowest BCUT2D eigenvalue weighted by Gasteiger charge is -2.08. The Morgan fingerprint density at radius 2 is 1.89 bits per heavy atom. The van der Waals surface area contributed by atoms with Crippen molar-refractivity contribution in [3.8, 4) is 17.1 Å². The molecule has 3 heterocycles. The van der Waals surface area contributed by atoms with E-state index in [1.54, 1.807) is 18.2 Å². The highest BCUT2D eigenvalue weighted by Gasteiger charge is 2.20. The molecule has 0 radical (unpaired) electrons. The number of anilines is 1. The molecule has 35 heavy (non-hydrogen) atoms. The number of aromatic nitrogens is 2. The monoisotopic (exact) mass is 469 g/mol. The Morgan fingerprint density at radius 1 is 1.09 bits per heavy atom. The van der Waals surface area contributed by atoms with Gasteiger partial charge in [0.25, 0.3) is 5.91 Å². The summed E-state index contributed by atoms with van der Waals surface area (Å²) in [5.74, 6) is -1.61. The second-order valence-electron chi connectivity index (χ2n) is 7.74. The summed E-state index contributed by atoms with van der Waals surface area (Å²) in [6, 6.07) is 16.7. The molecule has 2 amide bonds. The van der Waals surface area contributed by atoms with Crippen LogP contribution in [0, 0.1) is 0 Å². The highest BCUT2D eigenvalue weighted by Crippen LogP contribution is 2.32. The van der Waals surface area contributed by atoms with Crippen molar-refractivity contribution in [3.05, 3.63) is 84.5 Å². The van der Waals surface area contributed by atoms with E-state index in [1.165, 1.54) is 0 Å². The number of carbonyl (C=O) groups is 3. The smallest absolute Gasteiger partial charge is 0.360 e. The Labute approximate surface area is 199 Å². The molecule has 0 aliphatic carbocycles. The minimum Gasteiger partial charge on any atom is -0.451 e. The largest absolute Gasteiger partial charge is 0.451 e. The number of aliphatic imine (C=N–C) groups is 1. The summed E-state index contributed by atoms with van der Waals surface area (Å²) in [6.07, 6.45) is 5.06. The topological polar surface area (TPSA) is 142 Å². The zero-order valence-corrected chi connectivity index (χ0v) is 18.3. The lowest BCUT2D eigenvalue weighted by Crippen LogP contribution is -2.21. The highest BCUT2D eigenvalue weighted by molar-refractivity contribution is 6.17. The van der Waals surface area contributed by atoms with Crippen LogP contribution in [0.4, 0.5) is 11.4 Å². The number of hydrogen-bond donors (Lipinski definition) is 2. The maximum Gasteiger partial charge on any atom is 0.360 e. The molecule has 3 N–H and O–H groups in total. The number of amides is 2. The third kappa shape index (κ3) is 4.71. The number of primary amides is 1. The molecule has 2 aromatic carbocycles. The van der Waals surface area contributed by atoms with Crippen molar-refractivity contribution >= 4 is 34.9 Å². The number of oxazole rings is 1. The molecule has 0 saturated carbocycles. The van der Waals surface area contributed by atoms with Crippen molar-refractivity contribution in [2.24, 2.45) is 10.7 Å². The van der Waals surface area contributed by atoms with E-state index in [-0.39, 0.29) is 23.9 Å². The summed E-state index contributed by atoms with van der Waals surface area (Å²) in [6.45, 7) is -0.549. The van der Waals surface area contributed by atoms with Gasteiger partial charge in [-0.05, 0) is 48.0 Å². The van der Waals surface area contributed by atoms with Gasteiger partial charge in [0.05, 0.1) is 23.5 Å². The van der Waals surface area contributed by atoms with E-state index in [4.69, 9.17) is 19.9 Å². The number of benzene rings is 2. The zero-order chi connectivity index (χ0) is 24.4. The fraction of sp³-hybridized carbons (Fsp3) is 0.0800. The van der Waals surface area contributed by atoms with Gasteiger partial charge in [-0.15, -0.1) is 0 Å². The average molecular weight is 469 g/mol. The molecule has 0 unspecified atom stereocenters. The second-order valence-corrected chi connectivity index (χ2v) is 7.74. The molecule has 1 aliphatic heterocycles. The lowest BCUT2D eigenvalue weighted by molar-refractivity contribution is -0.121. The molecule has 0 bridgehead atoms. The standard InChI is InChI=1S/C25H19N5O5/c26-22(31)14-35-25(33)21-13-34-24(29-21)16-5-3-4-15(10-16)19-12-23(32)28-20-11-17(6-7-18(20)27-19)30-8-1-2-9-30/h1-11,13H,12,14H2,(H2,26,31)(H,28,32). The first-order valence-electron chi connectivity index (χ1n) is 10.6. The number of nitrogens with zero attached hydrogens (tertiary/aromatic N) is 3. The van der Waals surface area contributed by atoms with Crippen LogP contribution in [0.2, 0.25) is 0 Å². The molecular formula is C25H19N5O5. The van der Waals surface area contributed by atoms with Crippen molar-refractivity contribution in [2.75, 3.05) is 11.9 Å². The van der Waals surface area contributed by atoms with Gasteiger partial charge in [0, 0.05) is 23.6 Å². The SMILES string of the molecule is NC(=O)COC(=O)c1coc(-c2cccc(C3=Nc4ccc(-n5cccc5)cc4NC(=O)C3)c2)n1. The maximum atomic E-state index is 12.7. The van der Waals surface area contributed by atoms with Crippen LogP contribution in [-0.2, 0) is 14.3 Å². The van der Waals surface area contributed by atoms with Crippen LogP contribution in [0.3, 0.4) is 0 Å². The van der Waals surface area contributed by atoms with Gasteiger partial charge in [-0.1, -0.05) is 12.1 Å². The van der Waals surface area contributed by atoms with Crippen molar-refractivity contribution in [2.45, 2.75) is 6.42 Å². The first-order valence-corrected chi connectivity index (χ1v) is 10.6. The maximum absolute atomic E-state index is 12.7. The van der Waals surface area contributed by atoms with Crippen LogP contribution in [0.25, 0.3) is 17.1 Å². The summed E-state index contributed by atoms with van der Waals surface area (Å²) < 4.78 is 12.1. The fourth-order valence-corrected chi connectivity index (χ4v) is 3.63. The van der Waals surface area contributed by atoms with E-state index >= 15 is 0 Å². The lowest BCUT2D eigenvalue weighted by atomic mass is 10.0. The molecule has 174 valence electrons. The van der Waals surface area contributed by atoms with Crippen molar-refractivity contribution < 1.29 is 23.5 Å². The fourth-order valence-electron chi connectivity index (χ4n) is 3.63. The highest BCUT2D eigenvalue weighted by atomic mass is 16.5. The van der Waals surface area contributed by atoms with Gasteiger partial charge in [0.1, 0.15) is 6.26 Å². The molecule has 0 fully saturated rings. The molecule has 5 rings (SSSR count). The predicted molar refractivity (Wildman–Crippen MR) is 127 cm³/mol. The first kappa shape index (κ1) is 21.8. The molecule has 2 aromatic heterocycles. The summed E-state index contributed by atoms with van der Waals surface area (Å²) in [4.78, 5) is 44.3. The van der Waals surface area contributed by atoms with Crippen molar-refractivity contribution in [1.82, 2.24) is 9.55 Å². The minimum absolute atomic E-state index is 0.0766. The second kappa shape index (κ2) is 9.10. The molecule has 4 aromatic rings. The Balaban J connectivity index is 1.43. The Bertz CT molecular complexity index is 1470. The van der Waals surface area contributed by atoms with Gasteiger partial charge in [-0.25, -0.2) is 9.78 Å². The van der Waals surface area contributed by atoms with Crippen LogP contribution in [0.1, 0.15) is 22.5 Å². The van der Waals surface area contributed by atoms with E-state index < -0.39 is 18.5 Å². The van der Waals surface area contributed by atoms with Gasteiger partial charge in [-0.3, -0.25) is 14.6 Å². The molecule has 0 saturated heterocycles. The van der Waals surface area contributed by atoms with E-state index in [2.05, 4.69) is 10.3 Å². The minimum atomic E-state index is -0.823. The summed E-state index contributed by atoms with van der Waals surface area (Å²) >= 11 is 0. The number of carbonyl (C=O) groups excluding carboxylic acids is 3. The van der Waals surface area contributed by atoms with Crippen LogP contribution < -0.4 is 11.1 Å². The molecule has 1 aliphatic rings. The van der Waals surface area contributed by atoms with E-state index in [0.29, 0.717) is 28.2 Å². The zero-order valence-electron chi connectivity index (χ0n) is 18.3. The van der Waals surface area contributed by atoms with Crippen LogP contribution in [0.15, 0.2) is 82.7 Å². The van der Waals surface area contributed by atoms with Gasteiger partial charge >= 0.3 is 5.97 Å². The Hall–Kier alpha value is -4.99. The molecule has 0 spiro atoms. The molecular weight excluding hydrogens is 450 g/mol. The van der Waals surface area contributed by atoms with Crippen molar-refractivity contribution in [1.29, 1.82) is 0 Å². The van der Waals surface area contributed by atoms with E-state index in [0.717, 1.165) is 12.0 Å². The predicted octanol–water partition coefficient (Wildman–Crippen LogP) is 3.24. The quantitative estimate of drug-likeness (QED) is 0.415. The number of esters is 1. The number of hydrogen-bond acceptors (Lipinski definition) is 7. The van der Waals surface area contributed by atoms with E-state index in [1.807, 2.05) is 53.4 Å². The number of fused-ring (bicyclic) bond motifs is 1. The number of nitrogens with one attached hydrogen (secondary N) is 1. The summed E-state index contributed by atoms with van der Waals surface area (Å²) in [5.41, 5.74) is 8.92. The average Bonchev–Trinajstić information content (AvgIpc) is 3.53. The van der Waals surface area contributed by atoms with Gasteiger partial charge in [0.2, 0.25) is 11.8 Å². The summed E-state index contributed by atoms with van der Waals surface area (Å²) in [5, 5.41) is 2.92. The molecule has 10 heteroatoms. The van der Waals surface area contributed by atoms with Crippen LogP contribution in [-0.4, -0.2) is 39.7 Å². The van der Waals surface area contributed by atoms with Crippen LogP contribution in [0.5, 0.6) is 0 Å². The first-order chi connectivity index (χ1) is 17.0. The molecule has 0 atom stereocenters. The Morgan fingerprint density at radius 3 is 2.69 bits per heavy atom. The Kier molecular flexibility index (Phi) is 5.68. The van der Waals surface area contributed by atoms with Crippen LogP contribution >= 0.6 is 0 Å². The number of rotatable bonds is 6. The normalized spacial score (nSPS) is 12.8. The summed E-state index contributed by atoms with van der Waals surface area (Å²) in [7, 11) is 0. The van der Waals surface area contributed by atoms with Gasteiger partial charge < -0.3 is 24.8 Å². The number of nitrogens with two attached hydrogens (primary N) is 1. The third-order valence-corrected chi connectivity index (χ3v) is 5.24. The van der Waals surface area contributed by atoms with E-state index in [9.17, 15) is 14.4 Å². The molecule has 10 nitrogen and oxygen atoms in total. The third-order valence-electron chi connectivity index (χ3n) is 5.24. The number of ether oxygens (including phenoxy) is 1. The van der Waals surface area contributed by atoms with Crippen molar-refractivity contribution in [3.63, 3.8) is 0 Å².